The molecule has 0 aliphatic heterocycles. The molecule has 0 saturated heterocycles. The molecule has 0 fully saturated rings. The van der Waals surface area contributed by atoms with Gasteiger partial charge in [0.1, 0.15) is 12.4 Å². The van der Waals surface area contributed by atoms with Crippen LogP contribution in [0.4, 0.5) is 70.2 Å². The van der Waals surface area contributed by atoms with Crippen molar-refractivity contribution in [2.75, 3.05) is 13.2 Å². The molecule has 0 N–H and O–H groups in total. The minimum atomic E-state index is -8.43. The van der Waals surface area contributed by atoms with E-state index in [1.165, 1.54) is 24.3 Å². The first kappa shape index (κ1) is 36.3. The zero-order chi connectivity index (χ0) is 33.3. The predicted molar refractivity (Wildman–Crippen MR) is 118 cm³/mol. The second-order valence-electron chi connectivity index (χ2n) is 9.06. The summed E-state index contributed by atoms with van der Waals surface area (Å²) in [5.74, 6) is -54.2. The summed E-state index contributed by atoms with van der Waals surface area (Å²) >= 11 is 0. The summed E-state index contributed by atoms with van der Waals surface area (Å²) in [5.41, 5.74) is 1.07. The smallest absolute Gasteiger partial charge is 0.384 e. The Labute approximate surface area is 232 Å². The van der Waals surface area contributed by atoms with Crippen molar-refractivity contribution >= 4 is 0 Å². The van der Waals surface area contributed by atoms with Gasteiger partial charge in [-0.1, -0.05) is 43.3 Å². The molecule has 2 aromatic carbocycles. The highest BCUT2D eigenvalue weighted by Gasteiger charge is 2.93. The maximum atomic E-state index is 14.0. The van der Waals surface area contributed by atoms with E-state index in [0.29, 0.717) is 23.5 Å². The molecule has 0 aliphatic rings. The monoisotopic (exact) mass is 656 g/mol. The summed E-state index contributed by atoms with van der Waals surface area (Å²) in [4.78, 5) is 0. The minimum Gasteiger partial charge on any atom is -0.494 e. The van der Waals surface area contributed by atoms with E-state index in [1.807, 2.05) is 6.92 Å². The molecule has 0 heterocycles. The van der Waals surface area contributed by atoms with Crippen LogP contribution in [-0.2, 0) is 11.3 Å². The molecule has 0 amide bonds. The molecule has 0 aromatic heterocycles. The van der Waals surface area contributed by atoms with Gasteiger partial charge in [-0.3, -0.25) is 0 Å². The molecule has 0 atom stereocenters. The zero-order valence-corrected chi connectivity index (χ0v) is 21.4. The van der Waals surface area contributed by atoms with Crippen LogP contribution in [0.1, 0.15) is 18.9 Å². The van der Waals surface area contributed by atoms with Crippen LogP contribution in [0.15, 0.2) is 48.5 Å². The number of ether oxygens (including phenoxy) is 2. The van der Waals surface area contributed by atoms with Crippen LogP contribution in [-0.4, -0.2) is 61.1 Å². The van der Waals surface area contributed by atoms with Gasteiger partial charge >= 0.3 is 47.9 Å². The number of hydrogen-bond donors (Lipinski definition) is 0. The van der Waals surface area contributed by atoms with Gasteiger partial charge in [0.15, 0.2) is 0 Å². The Bertz CT molecular complexity index is 1190. The van der Waals surface area contributed by atoms with E-state index >= 15 is 0 Å². The number of hydrogen-bond acceptors (Lipinski definition) is 2. The van der Waals surface area contributed by atoms with E-state index in [9.17, 15) is 70.2 Å². The fourth-order valence-electron chi connectivity index (χ4n) is 3.31. The highest BCUT2D eigenvalue weighted by molar-refractivity contribution is 5.64. The van der Waals surface area contributed by atoms with Gasteiger partial charge in [-0.2, -0.15) is 61.5 Å². The number of rotatable bonds is 15. The fourth-order valence-corrected chi connectivity index (χ4v) is 3.31. The minimum absolute atomic E-state index is 0.0803. The van der Waals surface area contributed by atoms with Crippen LogP contribution >= 0.6 is 0 Å². The lowest BCUT2D eigenvalue weighted by Gasteiger charge is -2.42. The topological polar surface area (TPSA) is 18.5 Å². The molecule has 18 heteroatoms. The van der Waals surface area contributed by atoms with Crippen molar-refractivity contribution in [1.82, 2.24) is 0 Å². The first-order valence-electron chi connectivity index (χ1n) is 11.7. The molecule has 0 saturated carbocycles. The lowest BCUT2D eigenvalue weighted by molar-refractivity contribution is -0.448. The fraction of sp³-hybridized carbons (Fsp3) is 0.520. The summed E-state index contributed by atoms with van der Waals surface area (Å²) in [7, 11) is 0. The second-order valence-corrected chi connectivity index (χ2v) is 9.06. The average molecular weight is 656 g/mol. The predicted octanol–water partition coefficient (Wildman–Crippen LogP) is 9.37. The number of benzene rings is 2. The van der Waals surface area contributed by atoms with Crippen LogP contribution in [0, 0.1) is 0 Å². The summed E-state index contributed by atoms with van der Waals surface area (Å²) in [6, 6.07) is 11.7. The van der Waals surface area contributed by atoms with Crippen LogP contribution in [0.5, 0.6) is 5.75 Å². The van der Waals surface area contributed by atoms with Gasteiger partial charge in [0.05, 0.1) is 13.2 Å². The summed E-state index contributed by atoms with van der Waals surface area (Å²) in [6.45, 7) is -1.62. The Hall–Kier alpha value is -2.92. The van der Waals surface area contributed by atoms with Gasteiger partial charge in [-0.25, -0.2) is 8.78 Å². The van der Waals surface area contributed by atoms with E-state index in [-0.39, 0.29) is 5.56 Å². The van der Waals surface area contributed by atoms with Gasteiger partial charge in [0.2, 0.25) is 0 Å². The Morgan fingerprint density at radius 1 is 0.581 bits per heavy atom. The molecule has 0 aliphatic carbocycles. The Morgan fingerprint density at radius 3 is 1.44 bits per heavy atom. The van der Waals surface area contributed by atoms with Gasteiger partial charge in [-0.15, -0.1) is 0 Å². The number of alkyl halides is 16. The Kier molecular flexibility index (Phi) is 10.3. The Balaban J connectivity index is 2.19. The highest BCUT2D eigenvalue weighted by atomic mass is 19.4. The summed E-state index contributed by atoms with van der Waals surface area (Å²) in [5, 5.41) is 0. The molecular formula is C25H20F16O2. The van der Waals surface area contributed by atoms with Crippen molar-refractivity contribution in [3.8, 4) is 16.9 Å². The first-order chi connectivity index (χ1) is 19.4. The van der Waals surface area contributed by atoms with E-state index in [0.717, 1.165) is 6.42 Å². The third kappa shape index (κ3) is 6.34. The zero-order valence-electron chi connectivity index (χ0n) is 21.4. The molecule has 0 unspecified atom stereocenters. The molecule has 43 heavy (non-hydrogen) atoms. The first-order valence-corrected chi connectivity index (χ1v) is 11.7. The Morgan fingerprint density at radius 2 is 1.00 bits per heavy atom. The van der Waals surface area contributed by atoms with Gasteiger partial charge < -0.3 is 9.47 Å². The van der Waals surface area contributed by atoms with Crippen molar-refractivity contribution in [1.29, 1.82) is 0 Å². The molecule has 244 valence electrons. The van der Waals surface area contributed by atoms with Crippen LogP contribution in [0.25, 0.3) is 11.1 Å². The second kappa shape index (κ2) is 12.2. The molecule has 2 nitrogen and oxygen atoms in total. The summed E-state index contributed by atoms with van der Waals surface area (Å²) in [6.07, 6.45) is -5.13. The number of halogens is 16. The molecule has 0 spiro atoms. The highest BCUT2D eigenvalue weighted by Crippen LogP contribution is 2.62. The van der Waals surface area contributed by atoms with Crippen molar-refractivity contribution in [2.45, 2.75) is 67.8 Å². The molecular weight excluding hydrogens is 636 g/mol. The van der Waals surface area contributed by atoms with Gasteiger partial charge in [0, 0.05) is 0 Å². The maximum Gasteiger partial charge on any atom is 0.384 e. The van der Waals surface area contributed by atoms with E-state index in [4.69, 9.17) is 4.74 Å². The van der Waals surface area contributed by atoms with Crippen molar-refractivity contribution in [3.63, 3.8) is 0 Å². The van der Waals surface area contributed by atoms with Crippen molar-refractivity contribution < 1.29 is 79.7 Å². The van der Waals surface area contributed by atoms with Crippen molar-refractivity contribution in [2.24, 2.45) is 0 Å². The van der Waals surface area contributed by atoms with Crippen LogP contribution in [0.2, 0.25) is 0 Å². The third-order valence-corrected chi connectivity index (χ3v) is 5.90. The van der Waals surface area contributed by atoms with E-state index in [1.54, 1.807) is 24.3 Å². The molecule has 0 bridgehead atoms. The molecule has 0 radical (unpaired) electrons. The largest absolute Gasteiger partial charge is 0.494 e. The summed E-state index contributed by atoms with van der Waals surface area (Å²) < 4.78 is 224. The normalized spacial score (nSPS) is 14.4. The lowest BCUT2D eigenvalue weighted by atomic mass is 9.89. The van der Waals surface area contributed by atoms with Crippen LogP contribution < -0.4 is 4.74 Å². The third-order valence-electron chi connectivity index (χ3n) is 5.90. The van der Waals surface area contributed by atoms with Gasteiger partial charge in [0.25, 0.3) is 0 Å². The van der Waals surface area contributed by atoms with Crippen molar-refractivity contribution in [3.05, 3.63) is 54.1 Å². The van der Waals surface area contributed by atoms with E-state index in [2.05, 4.69) is 4.74 Å². The molecule has 2 aromatic rings. The SMILES string of the molecule is CCCOc1ccc(-c2ccc(COCC(F)(F)C(F)(F)C(F)(F)C(F)(F)C(F)(F)C(F)(F)C(F)(F)C(F)F)cc2)cc1. The van der Waals surface area contributed by atoms with Crippen LogP contribution in [0.3, 0.4) is 0 Å². The maximum absolute atomic E-state index is 14.0. The lowest BCUT2D eigenvalue weighted by Crippen LogP contribution is -2.74. The van der Waals surface area contributed by atoms with Gasteiger partial charge in [-0.05, 0) is 35.2 Å². The standard InChI is InChI=1S/C25H20F16O2/c1-2-11-43-17-9-7-16(8-10-17)15-5-3-14(4-6-15)12-42-13-19(28,29)21(32,33)23(36,37)25(40,41)24(38,39)22(34,35)20(30,31)18(26)27/h3-10,18H,2,11-13H2,1H3. The average Bonchev–Trinajstić information content (AvgIpc) is 2.91. The molecule has 2 rings (SSSR count). The van der Waals surface area contributed by atoms with E-state index < -0.39 is 61.1 Å². The quantitative estimate of drug-likeness (QED) is 0.178.